The van der Waals surface area contributed by atoms with Gasteiger partial charge in [-0.2, -0.15) is 0 Å². The highest BCUT2D eigenvalue weighted by Gasteiger charge is 2.18. The number of hydrogen-bond acceptors (Lipinski definition) is 5. The first-order chi connectivity index (χ1) is 10.5. The van der Waals surface area contributed by atoms with Gasteiger partial charge in [-0.1, -0.05) is 18.2 Å². The number of ether oxygens (including phenoxy) is 1. The molecule has 0 saturated carbocycles. The molecule has 0 saturated heterocycles. The third-order valence-corrected chi connectivity index (χ3v) is 3.30. The van der Waals surface area contributed by atoms with Crippen LogP contribution in [0.5, 0.6) is 5.75 Å². The normalized spacial score (nSPS) is 11.7. The van der Waals surface area contributed by atoms with E-state index < -0.39 is 27.7 Å². The molecule has 0 aliphatic carbocycles. The van der Waals surface area contributed by atoms with Crippen molar-refractivity contribution >= 4 is 22.7 Å². The van der Waals surface area contributed by atoms with Crippen LogP contribution in [0.1, 0.15) is 15.9 Å². The molecule has 1 atom stereocenters. The Morgan fingerprint density at radius 1 is 1.23 bits per heavy atom. The van der Waals surface area contributed by atoms with Crippen molar-refractivity contribution in [2.75, 3.05) is 0 Å². The van der Waals surface area contributed by atoms with E-state index in [1.54, 1.807) is 30.3 Å². The summed E-state index contributed by atoms with van der Waals surface area (Å²) < 4.78 is 24.9. The first-order valence-electron chi connectivity index (χ1n) is 6.09. The van der Waals surface area contributed by atoms with E-state index in [-0.39, 0.29) is 17.0 Å². The average Bonchev–Trinajstić information content (AvgIpc) is 2.47. The molecule has 1 unspecified atom stereocenters. The van der Waals surface area contributed by atoms with Gasteiger partial charge in [-0.05, 0) is 24.3 Å². The zero-order valence-electron chi connectivity index (χ0n) is 11.2. The second-order valence-corrected chi connectivity index (χ2v) is 5.20. The Labute approximate surface area is 128 Å². The second-order valence-electron chi connectivity index (χ2n) is 4.27. The summed E-state index contributed by atoms with van der Waals surface area (Å²) in [6, 6.07) is 11.8. The minimum Gasteiger partial charge on any atom is -0.423 e. The van der Waals surface area contributed by atoms with E-state index >= 15 is 0 Å². The zero-order valence-corrected chi connectivity index (χ0v) is 12.0. The lowest BCUT2D eigenvalue weighted by Gasteiger charge is -2.06. The summed E-state index contributed by atoms with van der Waals surface area (Å²) in [5, 5.41) is 10.9. The molecule has 0 aliphatic rings. The Hall–Kier alpha value is -2.58. The van der Waals surface area contributed by atoms with Crippen LogP contribution in [0, 0.1) is 10.1 Å². The fourth-order valence-electron chi connectivity index (χ4n) is 1.79. The fourth-order valence-corrected chi connectivity index (χ4v) is 2.29. The molecule has 22 heavy (non-hydrogen) atoms. The minimum absolute atomic E-state index is 0.0178. The van der Waals surface area contributed by atoms with Gasteiger partial charge in [0.25, 0.3) is 5.69 Å². The van der Waals surface area contributed by atoms with Gasteiger partial charge in [-0.3, -0.25) is 10.1 Å². The molecular weight excluding hydrogens is 310 g/mol. The highest BCUT2D eigenvalue weighted by Crippen LogP contribution is 2.25. The number of nitro groups is 1. The highest BCUT2D eigenvalue weighted by atomic mass is 32.2. The van der Waals surface area contributed by atoms with Crippen LogP contribution >= 0.6 is 0 Å². The predicted molar refractivity (Wildman–Crippen MR) is 79.0 cm³/mol. The molecule has 2 rings (SSSR count). The predicted octanol–water partition coefficient (Wildman–Crippen LogP) is 2.54. The minimum atomic E-state index is -2.25. The monoisotopic (exact) mass is 321 g/mol. The van der Waals surface area contributed by atoms with Crippen LogP contribution in [-0.4, -0.2) is 19.7 Å². The maximum absolute atomic E-state index is 11.9. The van der Waals surface area contributed by atoms with Crippen LogP contribution < -0.4 is 4.74 Å². The van der Waals surface area contributed by atoms with E-state index in [0.717, 1.165) is 6.07 Å². The number of benzene rings is 2. The molecule has 2 aromatic carbocycles. The molecule has 0 aliphatic heterocycles. The van der Waals surface area contributed by atoms with Crippen LogP contribution in [0.2, 0.25) is 0 Å². The lowest BCUT2D eigenvalue weighted by Crippen LogP contribution is -2.09. The molecule has 0 bridgehead atoms. The van der Waals surface area contributed by atoms with Gasteiger partial charge in [-0.15, -0.1) is 0 Å². The molecule has 0 fully saturated rings. The molecule has 0 heterocycles. The van der Waals surface area contributed by atoms with Gasteiger partial charge in [0, 0.05) is 11.6 Å². The zero-order chi connectivity index (χ0) is 16.1. The molecule has 114 valence electrons. The van der Waals surface area contributed by atoms with Crippen LogP contribution in [-0.2, 0) is 16.8 Å². The van der Waals surface area contributed by atoms with Crippen molar-refractivity contribution < 1.29 is 23.2 Å². The number of nitrogens with zero attached hydrogens (tertiary/aromatic N) is 1. The quantitative estimate of drug-likeness (QED) is 0.298. The first-order valence-corrected chi connectivity index (χ1v) is 7.37. The lowest BCUT2D eigenvalue weighted by molar-refractivity contribution is -0.385. The summed E-state index contributed by atoms with van der Waals surface area (Å²) in [6.07, 6.45) is 0. The van der Waals surface area contributed by atoms with E-state index in [1.165, 1.54) is 12.1 Å². The SMILES string of the molecule is O=C(Oc1ccc([N+](=O)[O-])c(CS(=O)O)c1)c1ccccc1. The van der Waals surface area contributed by atoms with Gasteiger partial charge < -0.3 is 9.29 Å². The molecule has 0 spiro atoms. The summed E-state index contributed by atoms with van der Waals surface area (Å²) in [4.78, 5) is 22.1. The number of carbonyl (C=O) groups excluding carboxylic acids is 1. The van der Waals surface area contributed by atoms with Gasteiger partial charge >= 0.3 is 5.97 Å². The molecule has 8 heteroatoms. The van der Waals surface area contributed by atoms with Crippen molar-refractivity contribution in [2.45, 2.75) is 5.75 Å². The third-order valence-electron chi connectivity index (χ3n) is 2.75. The number of esters is 1. The highest BCUT2D eigenvalue weighted by molar-refractivity contribution is 7.78. The summed E-state index contributed by atoms with van der Waals surface area (Å²) in [6.45, 7) is 0. The van der Waals surface area contributed by atoms with Crippen molar-refractivity contribution in [3.8, 4) is 5.75 Å². The maximum atomic E-state index is 11.9. The van der Waals surface area contributed by atoms with Gasteiger partial charge in [-0.25, -0.2) is 9.00 Å². The van der Waals surface area contributed by atoms with E-state index in [4.69, 9.17) is 9.29 Å². The number of hydrogen-bond donors (Lipinski definition) is 1. The Balaban J connectivity index is 2.27. The first kappa shape index (κ1) is 15.8. The van der Waals surface area contributed by atoms with Gasteiger partial charge in [0.15, 0.2) is 11.1 Å². The second kappa shape index (κ2) is 6.92. The number of carbonyl (C=O) groups is 1. The molecular formula is C14H11NO6S. The Morgan fingerprint density at radius 2 is 1.91 bits per heavy atom. The van der Waals surface area contributed by atoms with Crippen LogP contribution in [0.3, 0.4) is 0 Å². The Bertz CT molecular complexity index is 731. The Kier molecular flexibility index (Phi) is 4.97. The molecule has 0 radical (unpaired) electrons. The average molecular weight is 321 g/mol. The van der Waals surface area contributed by atoms with E-state index in [0.29, 0.717) is 5.56 Å². The van der Waals surface area contributed by atoms with Crippen molar-refractivity contribution in [1.82, 2.24) is 0 Å². The van der Waals surface area contributed by atoms with Crippen molar-refractivity contribution in [2.24, 2.45) is 0 Å². The summed E-state index contributed by atoms with van der Waals surface area (Å²) in [5.41, 5.74) is 0.0410. The topological polar surface area (TPSA) is 107 Å². The van der Waals surface area contributed by atoms with Gasteiger partial charge in [0.1, 0.15) is 5.75 Å². The van der Waals surface area contributed by atoms with Gasteiger partial charge in [0.2, 0.25) is 0 Å². The third kappa shape index (κ3) is 3.96. The maximum Gasteiger partial charge on any atom is 0.343 e. The molecule has 2 aromatic rings. The number of rotatable bonds is 5. The van der Waals surface area contributed by atoms with Crippen molar-refractivity contribution in [1.29, 1.82) is 0 Å². The summed E-state index contributed by atoms with van der Waals surface area (Å²) >= 11 is -2.25. The molecule has 0 amide bonds. The van der Waals surface area contributed by atoms with E-state index in [9.17, 15) is 19.1 Å². The number of nitro benzene ring substituents is 1. The lowest BCUT2D eigenvalue weighted by atomic mass is 10.2. The smallest absolute Gasteiger partial charge is 0.343 e. The van der Waals surface area contributed by atoms with Crippen molar-refractivity contribution in [3.63, 3.8) is 0 Å². The molecule has 7 nitrogen and oxygen atoms in total. The standard InChI is InChI=1S/C14H11NO6S/c16-14(10-4-2-1-3-5-10)21-12-6-7-13(15(17)18)11(8-12)9-22(19)20/h1-8H,9H2,(H,19,20). The summed E-state index contributed by atoms with van der Waals surface area (Å²) in [7, 11) is 0. The fraction of sp³-hybridized carbons (Fsp3) is 0.0714. The summed E-state index contributed by atoms with van der Waals surface area (Å²) in [5.74, 6) is -0.974. The van der Waals surface area contributed by atoms with Crippen molar-refractivity contribution in [3.05, 3.63) is 69.8 Å². The van der Waals surface area contributed by atoms with Crippen LogP contribution in [0.25, 0.3) is 0 Å². The molecule has 0 aromatic heterocycles. The van der Waals surface area contributed by atoms with Crippen LogP contribution in [0.15, 0.2) is 48.5 Å². The van der Waals surface area contributed by atoms with Crippen LogP contribution in [0.4, 0.5) is 5.69 Å². The van der Waals surface area contributed by atoms with E-state index in [2.05, 4.69) is 0 Å². The Morgan fingerprint density at radius 3 is 2.50 bits per heavy atom. The molecule has 1 N–H and O–H groups in total. The largest absolute Gasteiger partial charge is 0.423 e. The van der Waals surface area contributed by atoms with Gasteiger partial charge in [0.05, 0.1) is 16.2 Å². The van der Waals surface area contributed by atoms with E-state index in [1.807, 2.05) is 0 Å².